The molecule has 132 valence electrons. The quantitative estimate of drug-likeness (QED) is 0.898. The molecule has 3 heterocycles. The Hall–Kier alpha value is -2.28. The molecule has 0 radical (unpaired) electrons. The van der Waals surface area contributed by atoms with Gasteiger partial charge in [-0.05, 0) is 50.4 Å². The van der Waals surface area contributed by atoms with Gasteiger partial charge in [-0.25, -0.2) is 4.39 Å². The second kappa shape index (κ2) is 6.92. The summed E-state index contributed by atoms with van der Waals surface area (Å²) in [5, 5.41) is 14.4. The van der Waals surface area contributed by atoms with Gasteiger partial charge in [-0.3, -0.25) is 4.79 Å². The Morgan fingerprint density at radius 3 is 3.00 bits per heavy atom. The molecule has 0 bridgehead atoms. The van der Waals surface area contributed by atoms with Crippen LogP contribution in [0.15, 0.2) is 18.2 Å². The van der Waals surface area contributed by atoms with E-state index in [1.165, 1.54) is 12.5 Å². The largest absolute Gasteiger partial charge is 0.322 e. The van der Waals surface area contributed by atoms with E-state index in [9.17, 15) is 9.18 Å². The standard InChI is InChI=1S/C18H22FN5O/c19-13-8-7-12(11-15(13)21-18(25)14-5-4-9-20-14)17-23-22-16-6-2-1-3-10-24(16)17/h7-8,11,14,20H,1-6,9-10H2,(H,21,25). The van der Waals surface area contributed by atoms with Gasteiger partial charge in [0.15, 0.2) is 5.82 Å². The first-order chi connectivity index (χ1) is 12.2. The molecule has 2 N–H and O–H groups in total. The maximum Gasteiger partial charge on any atom is 0.241 e. The lowest BCUT2D eigenvalue weighted by atomic mass is 10.1. The van der Waals surface area contributed by atoms with Gasteiger partial charge >= 0.3 is 0 Å². The molecule has 0 aliphatic carbocycles. The van der Waals surface area contributed by atoms with E-state index in [4.69, 9.17) is 0 Å². The number of aryl methyl sites for hydroxylation is 1. The number of carbonyl (C=O) groups excluding carboxylic acids is 1. The normalized spacial score (nSPS) is 20.1. The number of fused-ring (bicyclic) bond motifs is 1. The number of rotatable bonds is 3. The highest BCUT2D eigenvalue weighted by molar-refractivity contribution is 5.95. The molecule has 1 saturated heterocycles. The minimum atomic E-state index is -0.439. The molecular weight excluding hydrogens is 321 g/mol. The van der Waals surface area contributed by atoms with Crippen LogP contribution in [0.1, 0.15) is 37.9 Å². The second-order valence-corrected chi connectivity index (χ2v) is 6.73. The lowest BCUT2D eigenvalue weighted by molar-refractivity contribution is -0.117. The number of benzene rings is 1. The van der Waals surface area contributed by atoms with Crippen molar-refractivity contribution in [3.63, 3.8) is 0 Å². The van der Waals surface area contributed by atoms with Crippen LogP contribution in [0.4, 0.5) is 10.1 Å². The van der Waals surface area contributed by atoms with Crippen LogP contribution in [0.3, 0.4) is 0 Å². The molecule has 1 aromatic heterocycles. The van der Waals surface area contributed by atoms with Gasteiger partial charge in [0.1, 0.15) is 11.6 Å². The molecular formula is C18H22FN5O. The minimum Gasteiger partial charge on any atom is -0.322 e. The SMILES string of the molecule is O=C(Nc1cc(-c2nnc3n2CCCCC3)ccc1F)C1CCCN1. The number of hydrogen-bond acceptors (Lipinski definition) is 4. The van der Waals surface area contributed by atoms with E-state index < -0.39 is 5.82 Å². The molecule has 1 unspecified atom stereocenters. The van der Waals surface area contributed by atoms with Crippen molar-refractivity contribution < 1.29 is 9.18 Å². The monoisotopic (exact) mass is 343 g/mol. The predicted octanol–water partition coefficient (Wildman–Crippen LogP) is 2.50. The minimum absolute atomic E-state index is 0.186. The highest BCUT2D eigenvalue weighted by Crippen LogP contribution is 2.27. The van der Waals surface area contributed by atoms with E-state index in [0.717, 1.165) is 62.4 Å². The highest BCUT2D eigenvalue weighted by atomic mass is 19.1. The molecule has 6 nitrogen and oxygen atoms in total. The molecule has 0 spiro atoms. The summed E-state index contributed by atoms with van der Waals surface area (Å²) in [6.45, 7) is 1.70. The Bertz CT molecular complexity index is 782. The van der Waals surface area contributed by atoms with Gasteiger partial charge in [0.25, 0.3) is 0 Å². The van der Waals surface area contributed by atoms with Crippen LogP contribution >= 0.6 is 0 Å². The maximum absolute atomic E-state index is 14.2. The molecule has 2 aliphatic rings. The summed E-state index contributed by atoms with van der Waals surface area (Å²) in [7, 11) is 0. The van der Waals surface area contributed by atoms with E-state index >= 15 is 0 Å². The smallest absolute Gasteiger partial charge is 0.241 e. The van der Waals surface area contributed by atoms with E-state index in [1.54, 1.807) is 12.1 Å². The zero-order valence-electron chi connectivity index (χ0n) is 14.1. The third-order valence-electron chi connectivity index (χ3n) is 4.97. The molecule has 1 atom stereocenters. The molecule has 2 aromatic rings. The fraction of sp³-hybridized carbons (Fsp3) is 0.500. The van der Waals surface area contributed by atoms with Crippen molar-refractivity contribution in [1.82, 2.24) is 20.1 Å². The molecule has 4 rings (SSSR count). The number of hydrogen-bond donors (Lipinski definition) is 2. The van der Waals surface area contributed by atoms with Crippen LogP contribution in [0.2, 0.25) is 0 Å². The van der Waals surface area contributed by atoms with Gasteiger partial charge in [0, 0.05) is 18.5 Å². The number of halogens is 1. The van der Waals surface area contributed by atoms with Gasteiger partial charge in [0.05, 0.1) is 11.7 Å². The van der Waals surface area contributed by atoms with E-state index in [-0.39, 0.29) is 17.6 Å². The fourth-order valence-electron chi connectivity index (χ4n) is 3.59. The van der Waals surface area contributed by atoms with Gasteiger partial charge in [-0.2, -0.15) is 0 Å². The van der Waals surface area contributed by atoms with Gasteiger partial charge in [0.2, 0.25) is 5.91 Å². The first-order valence-electron chi connectivity index (χ1n) is 8.98. The topological polar surface area (TPSA) is 71.8 Å². The molecule has 1 amide bonds. The zero-order chi connectivity index (χ0) is 17.2. The van der Waals surface area contributed by atoms with Crippen molar-refractivity contribution >= 4 is 11.6 Å². The fourth-order valence-corrected chi connectivity index (χ4v) is 3.59. The Labute approximate surface area is 145 Å². The van der Waals surface area contributed by atoms with Crippen molar-refractivity contribution in [1.29, 1.82) is 0 Å². The maximum atomic E-state index is 14.2. The summed E-state index contributed by atoms with van der Waals surface area (Å²) in [5.74, 6) is 1.10. The van der Waals surface area contributed by atoms with Crippen LogP contribution in [-0.4, -0.2) is 33.3 Å². The number of aromatic nitrogens is 3. The van der Waals surface area contributed by atoms with E-state index in [1.807, 2.05) is 0 Å². The summed E-state index contributed by atoms with van der Waals surface area (Å²) in [5.41, 5.74) is 0.971. The van der Waals surface area contributed by atoms with Crippen LogP contribution in [0.25, 0.3) is 11.4 Å². The number of carbonyl (C=O) groups is 1. The van der Waals surface area contributed by atoms with E-state index in [2.05, 4.69) is 25.4 Å². The first-order valence-corrected chi connectivity index (χ1v) is 8.98. The van der Waals surface area contributed by atoms with Crippen molar-refractivity contribution in [3.05, 3.63) is 29.8 Å². The van der Waals surface area contributed by atoms with Crippen molar-refractivity contribution in [2.24, 2.45) is 0 Å². The summed E-state index contributed by atoms with van der Waals surface area (Å²) in [6.07, 6.45) is 6.07. The lowest BCUT2D eigenvalue weighted by Crippen LogP contribution is -2.35. The average molecular weight is 343 g/mol. The lowest BCUT2D eigenvalue weighted by Gasteiger charge is -2.13. The predicted molar refractivity (Wildman–Crippen MR) is 92.6 cm³/mol. The molecule has 25 heavy (non-hydrogen) atoms. The summed E-state index contributed by atoms with van der Waals surface area (Å²) in [4.78, 5) is 12.3. The number of nitrogens with zero attached hydrogens (tertiary/aromatic N) is 3. The van der Waals surface area contributed by atoms with Crippen LogP contribution in [0, 0.1) is 5.82 Å². The first kappa shape index (κ1) is 16.2. The Balaban J connectivity index is 1.61. The second-order valence-electron chi connectivity index (χ2n) is 6.73. The zero-order valence-corrected chi connectivity index (χ0v) is 14.1. The molecule has 0 saturated carbocycles. The van der Waals surface area contributed by atoms with Gasteiger partial charge < -0.3 is 15.2 Å². The summed E-state index contributed by atoms with van der Waals surface area (Å²) in [6, 6.07) is 4.49. The van der Waals surface area contributed by atoms with E-state index in [0.29, 0.717) is 0 Å². The third-order valence-corrected chi connectivity index (χ3v) is 4.97. The number of amides is 1. The van der Waals surface area contributed by atoms with Crippen LogP contribution < -0.4 is 10.6 Å². The Morgan fingerprint density at radius 1 is 1.24 bits per heavy atom. The number of nitrogens with one attached hydrogen (secondary N) is 2. The third kappa shape index (κ3) is 3.28. The Morgan fingerprint density at radius 2 is 2.16 bits per heavy atom. The molecule has 1 fully saturated rings. The highest BCUT2D eigenvalue weighted by Gasteiger charge is 2.23. The molecule has 1 aromatic carbocycles. The average Bonchev–Trinajstić information content (AvgIpc) is 3.23. The van der Waals surface area contributed by atoms with Crippen LogP contribution in [-0.2, 0) is 17.8 Å². The number of anilines is 1. The van der Waals surface area contributed by atoms with Crippen LogP contribution in [0.5, 0.6) is 0 Å². The van der Waals surface area contributed by atoms with Gasteiger partial charge in [-0.1, -0.05) is 6.42 Å². The summed E-state index contributed by atoms with van der Waals surface area (Å²) >= 11 is 0. The molecule has 2 aliphatic heterocycles. The van der Waals surface area contributed by atoms with Crippen molar-refractivity contribution in [2.45, 2.75) is 51.1 Å². The van der Waals surface area contributed by atoms with Crippen molar-refractivity contribution in [3.8, 4) is 11.4 Å². The summed E-state index contributed by atoms with van der Waals surface area (Å²) < 4.78 is 16.3. The van der Waals surface area contributed by atoms with Gasteiger partial charge in [-0.15, -0.1) is 10.2 Å². The Kier molecular flexibility index (Phi) is 4.48. The molecule has 7 heteroatoms. The van der Waals surface area contributed by atoms with Crippen molar-refractivity contribution in [2.75, 3.05) is 11.9 Å².